The maximum absolute atomic E-state index is 13.3. The first-order chi connectivity index (χ1) is 13.3. The van der Waals surface area contributed by atoms with Crippen molar-refractivity contribution < 1.29 is 31.8 Å². The van der Waals surface area contributed by atoms with Gasteiger partial charge in [-0.1, -0.05) is 18.2 Å². The van der Waals surface area contributed by atoms with Crippen molar-refractivity contribution in [2.75, 3.05) is 13.2 Å². The number of amides is 1. The van der Waals surface area contributed by atoms with Crippen molar-refractivity contribution in [3.63, 3.8) is 0 Å². The molecule has 1 heterocycles. The summed E-state index contributed by atoms with van der Waals surface area (Å²) in [5.74, 6) is -0.224. The van der Waals surface area contributed by atoms with E-state index in [-0.39, 0.29) is 18.4 Å². The molecule has 1 atom stereocenters. The van der Waals surface area contributed by atoms with Crippen LogP contribution in [-0.2, 0) is 11.2 Å². The molecule has 1 amide bonds. The number of hydrogen-bond donors (Lipinski definition) is 1. The van der Waals surface area contributed by atoms with Crippen molar-refractivity contribution in [1.82, 2.24) is 5.32 Å². The molecule has 1 aliphatic heterocycles. The van der Waals surface area contributed by atoms with Crippen LogP contribution in [0.5, 0.6) is 11.5 Å². The highest BCUT2D eigenvalue weighted by atomic mass is 19.4. The molecule has 0 fully saturated rings. The molecule has 0 saturated carbocycles. The minimum atomic E-state index is -4.69. The zero-order valence-electron chi connectivity index (χ0n) is 14.9. The van der Waals surface area contributed by atoms with Crippen molar-refractivity contribution in [1.29, 1.82) is 0 Å². The van der Waals surface area contributed by atoms with E-state index in [0.717, 1.165) is 36.2 Å². The highest BCUT2D eigenvalue weighted by Crippen LogP contribution is 2.33. The molecule has 2 aromatic rings. The largest absolute Gasteiger partial charge is 0.490 e. The molecule has 0 saturated heterocycles. The summed E-state index contributed by atoms with van der Waals surface area (Å²) in [6.45, 7) is 1.07. The van der Waals surface area contributed by atoms with Crippen molar-refractivity contribution in [3.8, 4) is 11.5 Å². The molecule has 0 spiro atoms. The lowest BCUT2D eigenvalue weighted by Crippen LogP contribution is -2.38. The second-order valence-electron chi connectivity index (χ2n) is 6.43. The van der Waals surface area contributed by atoms with Crippen molar-refractivity contribution in [2.24, 2.45) is 0 Å². The molecule has 1 unspecified atom stereocenters. The number of rotatable bonds is 5. The summed E-state index contributed by atoms with van der Waals surface area (Å²) in [7, 11) is 0. The van der Waals surface area contributed by atoms with Gasteiger partial charge in [-0.15, -0.1) is 0 Å². The van der Waals surface area contributed by atoms with Gasteiger partial charge in [0.15, 0.2) is 17.5 Å². The van der Waals surface area contributed by atoms with Gasteiger partial charge >= 0.3 is 6.18 Å². The lowest BCUT2D eigenvalue weighted by atomic mass is 10.0. The Hall–Kier alpha value is -2.77. The molecule has 150 valence electrons. The maximum atomic E-state index is 13.3. The zero-order chi connectivity index (χ0) is 20.1. The van der Waals surface area contributed by atoms with Crippen LogP contribution in [-0.4, -0.2) is 25.3 Å². The monoisotopic (exact) mass is 397 g/mol. The second-order valence-corrected chi connectivity index (χ2v) is 6.43. The molecule has 4 nitrogen and oxygen atoms in total. The smallest absolute Gasteiger partial charge is 0.412 e. The Morgan fingerprint density at radius 1 is 1.04 bits per heavy atom. The van der Waals surface area contributed by atoms with Crippen molar-refractivity contribution in [3.05, 3.63) is 59.4 Å². The third kappa shape index (κ3) is 5.15. The number of carbonyl (C=O) groups excluding carboxylic acids is 1. The Bertz CT molecular complexity index is 821. The highest BCUT2D eigenvalue weighted by Gasteiger charge is 2.41. The van der Waals surface area contributed by atoms with E-state index in [1.54, 1.807) is 18.2 Å². The summed E-state index contributed by atoms with van der Waals surface area (Å²) in [4.78, 5) is 12.1. The van der Waals surface area contributed by atoms with Gasteiger partial charge in [0.1, 0.15) is 5.82 Å². The van der Waals surface area contributed by atoms with Gasteiger partial charge in [-0.3, -0.25) is 4.79 Å². The Kier molecular flexibility index (Phi) is 6.06. The average Bonchev–Trinajstić information content (AvgIpc) is 2.89. The van der Waals surface area contributed by atoms with Crippen LogP contribution in [0.1, 0.15) is 30.0 Å². The molecule has 0 bridgehead atoms. The summed E-state index contributed by atoms with van der Waals surface area (Å²) in [6, 6.07) is 6.90. The summed E-state index contributed by atoms with van der Waals surface area (Å²) >= 11 is 0. The topological polar surface area (TPSA) is 47.6 Å². The van der Waals surface area contributed by atoms with E-state index in [2.05, 4.69) is 0 Å². The van der Waals surface area contributed by atoms with Crippen molar-refractivity contribution in [2.45, 2.75) is 31.5 Å². The molecule has 0 radical (unpaired) electrons. The number of benzene rings is 2. The minimum absolute atomic E-state index is 0.132. The van der Waals surface area contributed by atoms with E-state index in [0.29, 0.717) is 24.7 Å². The molecule has 2 aromatic carbocycles. The molecular weight excluding hydrogens is 378 g/mol. The first kappa shape index (κ1) is 20.0. The van der Waals surface area contributed by atoms with Crippen LogP contribution < -0.4 is 14.8 Å². The molecule has 8 heteroatoms. The molecule has 0 aromatic heterocycles. The van der Waals surface area contributed by atoms with Crippen LogP contribution in [0.15, 0.2) is 42.5 Å². The molecule has 1 aliphatic rings. The zero-order valence-corrected chi connectivity index (χ0v) is 14.9. The van der Waals surface area contributed by atoms with Crippen LogP contribution in [0.2, 0.25) is 0 Å². The first-order valence-electron chi connectivity index (χ1n) is 8.83. The number of fused-ring (bicyclic) bond motifs is 1. The molecule has 3 rings (SSSR count). The normalized spacial score (nSPS) is 14.9. The molecular formula is C20H19F4NO3. The van der Waals surface area contributed by atoms with Crippen LogP contribution in [0, 0.1) is 5.82 Å². The standard InChI is InChI=1S/C20H19F4NO3/c21-15-6-4-14(5-7-15)19(20(22,23)24)25-18(26)9-3-13-2-8-16-17(12-13)28-11-1-10-27-16/h2,4-8,12,19H,1,3,9-11H2,(H,25,26). The number of aryl methyl sites for hydroxylation is 1. The van der Waals surface area contributed by atoms with E-state index in [1.807, 2.05) is 5.32 Å². The maximum Gasteiger partial charge on any atom is 0.412 e. The Balaban J connectivity index is 1.63. The lowest BCUT2D eigenvalue weighted by Gasteiger charge is -2.22. The summed E-state index contributed by atoms with van der Waals surface area (Å²) < 4.78 is 64.0. The third-order valence-corrected chi connectivity index (χ3v) is 4.29. The minimum Gasteiger partial charge on any atom is -0.490 e. The van der Waals surface area contributed by atoms with Gasteiger partial charge < -0.3 is 14.8 Å². The lowest BCUT2D eigenvalue weighted by molar-refractivity contribution is -0.163. The van der Waals surface area contributed by atoms with Crippen LogP contribution in [0.4, 0.5) is 17.6 Å². The van der Waals surface area contributed by atoms with E-state index >= 15 is 0 Å². The molecule has 1 N–H and O–H groups in total. The fraction of sp³-hybridized carbons (Fsp3) is 0.350. The van der Waals surface area contributed by atoms with Gasteiger partial charge in [-0.2, -0.15) is 13.2 Å². The SMILES string of the molecule is O=C(CCc1ccc2c(c1)OCCCO2)NC(c1ccc(F)cc1)C(F)(F)F. The molecule has 0 aliphatic carbocycles. The number of carbonyl (C=O) groups is 1. The average molecular weight is 397 g/mol. The fourth-order valence-corrected chi connectivity index (χ4v) is 2.86. The van der Waals surface area contributed by atoms with Crippen LogP contribution in [0.3, 0.4) is 0 Å². The van der Waals surface area contributed by atoms with Crippen molar-refractivity contribution >= 4 is 5.91 Å². The van der Waals surface area contributed by atoms with Gasteiger partial charge in [0, 0.05) is 12.8 Å². The van der Waals surface area contributed by atoms with Gasteiger partial charge in [-0.25, -0.2) is 4.39 Å². The number of nitrogens with one attached hydrogen (secondary N) is 1. The number of halogens is 4. The van der Waals surface area contributed by atoms with Gasteiger partial charge in [0.2, 0.25) is 5.91 Å². The predicted octanol–water partition coefficient (Wildman–Crippen LogP) is 4.34. The van der Waals surface area contributed by atoms with E-state index in [9.17, 15) is 22.4 Å². The van der Waals surface area contributed by atoms with Gasteiger partial charge in [0.05, 0.1) is 13.2 Å². The molecule has 28 heavy (non-hydrogen) atoms. The van der Waals surface area contributed by atoms with E-state index in [4.69, 9.17) is 9.47 Å². The fourth-order valence-electron chi connectivity index (χ4n) is 2.86. The first-order valence-corrected chi connectivity index (χ1v) is 8.83. The third-order valence-electron chi connectivity index (χ3n) is 4.29. The summed E-state index contributed by atoms with van der Waals surface area (Å²) in [5.41, 5.74) is 0.530. The number of hydrogen-bond acceptors (Lipinski definition) is 3. The summed E-state index contributed by atoms with van der Waals surface area (Å²) in [5, 5.41) is 1.99. The van der Waals surface area contributed by atoms with E-state index < -0.39 is 23.9 Å². The van der Waals surface area contributed by atoms with Crippen LogP contribution in [0.25, 0.3) is 0 Å². The number of ether oxygens (including phenoxy) is 2. The van der Waals surface area contributed by atoms with Gasteiger partial charge in [-0.05, 0) is 41.8 Å². The second kappa shape index (κ2) is 8.50. The predicted molar refractivity (Wildman–Crippen MR) is 93.7 cm³/mol. The Morgan fingerprint density at radius 2 is 1.71 bits per heavy atom. The highest BCUT2D eigenvalue weighted by molar-refractivity contribution is 5.76. The van der Waals surface area contributed by atoms with Gasteiger partial charge in [0.25, 0.3) is 0 Å². The quantitative estimate of drug-likeness (QED) is 0.764. The van der Waals surface area contributed by atoms with Crippen LogP contribution >= 0.6 is 0 Å². The number of alkyl halides is 3. The Labute approximate surface area is 159 Å². The summed E-state index contributed by atoms with van der Waals surface area (Å²) in [6.07, 6.45) is -3.82. The van der Waals surface area contributed by atoms with E-state index in [1.165, 1.54) is 0 Å². The Morgan fingerprint density at radius 3 is 2.39 bits per heavy atom.